The standard InChI is InChI=1S/C18H12ClF3N4O3S/c19-10-2-1-3-12(8-10)24-16(28)26-17-25-14(9-30-17)15(27)23-11-4-6-13(7-5-11)29-18(20,21)22/h1-9H,(H,23,27)(H2,24,25,26,28). The Morgan fingerprint density at radius 3 is 2.40 bits per heavy atom. The van der Waals surface area contributed by atoms with Crippen LogP contribution in [-0.4, -0.2) is 23.3 Å². The fraction of sp³-hybridized carbons (Fsp3) is 0.0556. The van der Waals surface area contributed by atoms with Crippen molar-refractivity contribution in [3.8, 4) is 5.75 Å². The molecule has 7 nitrogen and oxygen atoms in total. The summed E-state index contributed by atoms with van der Waals surface area (Å²) in [5.41, 5.74) is 0.747. The van der Waals surface area contributed by atoms with Crippen molar-refractivity contribution in [2.75, 3.05) is 16.0 Å². The molecule has 0 radical (unpaired) electrons. The molecular formula is C18H12ClF3N4O3S. The van der Waals surface area contributed by atoms with E-state index < -0.39 is 24.1 Å². The Balaban J connectivity index is 1.56. The fourth-order valence-corrected chi connectivity index (χ4v) is 3.07. The minimum Gasteiger partial charge on any atom is -0.406 e. The lowest BCUT2D eigenvalue weighted by Gasteiger charge is -2.09. The zero-order valence-corrected chi connectivity index (χ0v) is 16.4. The van der Waals surface area contributed by atoms with Gasteiger partial charge in [0.25, 0.3) is 5.91 Å². The molecule has 156 valence electrons. The number of halogens is 4. The molecule has 30 heavy (non-hydrogen) atoms. The van der Waals surface area contributed by atoms with Crippen LogP contribution in [0, 0.1) is 0 Å². The molecule has 0 fully saturated rings. The van der Waals surface area contributed by atoms with Gasteiger partial charge in [-0.1, -0.05) is 17.7 Å². The first-order chi connectivity index (χ1) is 14.2. The highest BCUT2D eigenvalue weighted by atomic mass is 35.5. The average molecular weight is 457 g/mol. The molecule has 0 unspecified atom stereocenters. The molecule has 3 aromatic rings. The molecule has 0 atom stereocenters. The topological polar surface area (TPSA) is 92.4 Å². The SMILES string of the molecule is O=C(Nc1cccc(Cl)c1)Nc1nc(C(=O)Nc2ccc(OC(F)(F)F)cc2)cs1. The third-order valence-corrected chi connectivity index (χ3v) is 4.38. The number of hydrogen-bond donors (Lipinski definition) is 3. The Kier molecular flexibility index (Phi) is 6.43. The van der Waals surface area contributed by atoms with Gasteiger partial charge in [-0.2, -0.15) is 0 Å². The second-order valence-electron chi connectivity index (χ2n) is 5.65. The van der Waals surface area contributed by atoms with Crippen molar-refractivity contribution in [2.45, 2.75) is 6.36 Å². The third kappa shape index (κ3) is 6.36. The van der Waals surface area contributed by atoms with Crippen molar-refractivity contribution in [1.82, 2.24) is 4.98 Å². The predicted octanol–water partition coefficient (Wildman–Crippen LogP) is 5.59. The first kappa shape index (κ1) is 21.4. The Morgan fingerprint density at radius 1 is 1.00 bits per heavy atom. The molecule has 0 aliphatic heterocycles. The zero-order valence-electron chi connectivity index (χ0n) is 14.8. The van der Waals surface area contributed by atoms with Crippen molar-refractivity contribution in [3.63, 3.8) is 0 Å². The summed E-state index contributed by atoms with van der Waals surface area (Å²) in [6.45, 7) is 0. The number of urea groups is 1. The minimum atomic E-state index is -4.80. The van der Waals surface area contributed by atoms with Gasteiger partial charge in [0.15, 0.2) is 5.13 Å². The maximum atomic E-state index is 12.2. The molecular weight excluding hydrogens is 445 g/mol. The number of nitrogens with zero attached hydrogens (tertiary/aromatic N) is 1. The van der Waals surface area contributed by atoms with Crippen LogP contribution in [0.25, 0.3) is 0 Å². The summed E-state index contributed by atoms with van der Waals surface area (Å²) >= 11 is 6.87. The van der Waals surface area contributed by atoms with Crippen LogP contribution in [0.1, 0.15) is 10.5 Å². The fourth-order valence-electron chi connectivity index (χ4n) is 2.20. The number of amides is 3. The van der Waals surface area contributed by atoms with Gasteiger partial charge in [-0.25, -0.2) is 9.78 Å². The van der Waals surface area contributed by atoms with E-state index in [-0.39, 0.29) is 16.5 Å². The Bertz CT molecular complexity index is 1060. The zero-order chi connectivity index (χ0) is 21.7. The number of rotatable bonds is 5. The summed E-state index contributed by atoms with van der Waals surface area (Å²) in [4.78, 5) is 28.2. The molecule has 0 spiro atoms. The van der Waals surface area contributed by atoms with E-state index in [4.69, 9.17) is 11.6 Å². The molecule has 3 N–H and O–H groups in total. The van der Waals surface area contributed by atoms with Crippen molar-refractivity contribution in [1.29, 1.82) is 0 Å². The quantitative estimate of drug-likeness (QED) is 0.466. The number of hydrogen-bond acceptors (Lipinski definition) is 5. The number of carbonyl (C=O) groups is 2. The lowest BCUT2D eigenvalue weighted by atomic mass is 10.3. The van der Waals surface area contributed by atoms with Crippen molar-refractivity contribution in [2.24, 2.45) is 0 Å². The molecule has 0 saturated heterocycles. The van der Waals surface area contributed by atoms with E-state index in [1.807, 2.05) is 0 Å². The highest BCUT2D eigenvalue weighted by Gasteiger charge is 2.31. The van der Waals surface area contributed by atoms with E-state index in [0.717, 1.165) is 23.5 Å². The Morgan fingerprint density at radius 2 is 1.73 bits per heavy atom. The van der Waals surface area contributed by atoms with Crippen LogP contribution in [0.3, 0.4) is 0 Å². The molecule has 0 bridgehead atoms. The van der Waals surface area contributed by atoms with Crippen LogP contribution >= 0.6 is 22.9 Å². The number of carbonyl (C=O) groups excluding carboxylic acids is 2. The normalized spacial score (nSPS) is 10.9. The monoisotopic (exact) mass is 456 g/mol. The van der Waals surface area contributed by atoms with Gasteiger partial charge in [0.1, 0.15) is 11.4 Å². The van der Waals surface area contributed by atoms with Crippen molar-refractivity contribution >= 4 is 51.4 Å². The summed E-state index contributed by atoms with van der Waals surface area (Å²) in [5.74, 6) is -1.01. The molecule has 2 aromatic carbocycles. The number of thiazole rings is 1. The summed E-state index contributed by atoms with van der Waals surface area (Å²) in [6, 6.07) is 10.6. The van der Waals surface area contributed by atoms with Crippen LogP contribution in [0.4, 0.5) is 34.5 Å². The van der Waals surface area contributed by atoms with E-state index >= 15 is 0 Å². The third-order valence-electron chi connectivity index (χ3n) is 3.39. The molecule has 0 aliphatic carbocycles. The van der Waals surface area contributed by atoms with Gasteiger partial charge in [0, 0.05) is 21.8 Å². The molecule has 1 aromatic heterocycles. The van der Waals surface area contributed by atoms with E-state index in [9.17, 15) is 22.8 Å². The van der Waals surface area contributed by atoms with Gasteiger partial charge in [-0.05, 0) is 42.5 Å². The molecule has 3 amide bonds. The molecule has 0 aliphatic rings. The number of aromatic nitrogens is 1. The summed E-state index contributed by atoms with van der Waals surface area (Å²) in [5, 5.41) is 9.60. The van der Waals surface area contributed by atoms with Crippen LogP contribution in [0.15, 0.2) is 53.9 Å². The van der Waals surface area contributed by atoms with Crippen molar-refractivity contribution in [3.05, 3.63) is 64.6 Å². The van der Waals surface area contributed by atoms with E-state index in [2.05, 4.69) is 25.7 Å². The van der Waals surface area contributed by atoms with E-state index in [1.165, 1.54) is 17.5 Å². The highest BCUT2D eigenvalue weighted by molar-refractivity contribution is 7.14. The maximum absolute atomic E-state index is 12.2. The van der Waals surface area contributed by atoms with Crippen LogP contribution < -0.4 is 20.7 Å². The summed E-state index contributed by atoms with van der Waals surface area (Å²) in [7, 11) is 0. The van der Waals surface area contributed by atoms with Crippen LogP contribution in [0.5, 0.6) is 5.75 Å². The van der Waals surface area contributed by atoms with Gasteiger partial charge in [0.05, 0.1) is 0 Å². The van der Waals surface area contributed by atoms with E-state index in [1.54, 1.807) is 24.3 Å². The number of alkyl halides is 3. The van der Waals surface area contributed by atoms with Gasteiger partial charge < -0.3 is 15.4 Å². The second-order valence-corrected chi connectivity index (χ2v) is 6.95. The summed E-state index contributed by atoms with van der Waals surface area (Å²) in [6.07, 6.45) is -4.80. The Labute approximate surface area is 176 Å². The summed E-state index contributed by atoms with van der Waals surface area (Å²) < 4.78 is 40.3. The smallest absolute Gasteiger partial charge is 0.406 e. The van der Waals surface area contributed by atoms with Crippen molar-refractivity contribution < 1.29 is 27.5 Å². The van der Waals surface area contributed by atoms with E-state index in [0.29, 0.717) is 10.7 Å². The van der Waals surface area contributed by atoms with Crippen LogP contribution in [-0.2, 0) is 0 Å². The lowest BCUT2D eigenvalue weighted by molar-refractivity contribution is -0.274. The van der Waals surface area contributed by atoms with Gasteiger partial charge >= 0.3 is 12.4 Å². The molecule has 12 heteroatoms. The lowest BCUT2D eigenvalue weighted by Crippen LogP contribution is -2.19. The molecule has 0 saturated carbocycles. The van der Waals surface area contributed by atoms with Gasteiger partial charge in [-0.3, -0.25) is 10.1 Å². The molecule has 1 heterocycles. The minimum absolute atomic E-state index is 0.0219. The second kappa shape index (κ2) is 9.01. The predicted molar refractivity (Wildman–Crippen MR) is 107 cm³/mol. The first-order valence-electron chi connectivity index (χ1n) is 8.14. The maximum Gasteiger partial charge on any atom is 0.573 e. The average Bonchev–Trinajstić information content (AvgIpc) is 3.10. The number of benzene rings is 2. The first-order valence-corrected chi connectivity index (χ1v) is 9.40. The molecule has 3 rings (SSSR count). The van der Waals surface area contributed by atoms with Gasteiger partial charge in [0.2, 0.25) is 0 Å². The highest BCUT2D eigenvalue weighted by Crippen LogP contribution is 2.24. The number of nitrogens with one attached hydrogen (secondary N) is 3. The van der Waals surface area contributed by atoms with Crippen LogP contribution in [0.2, 0.25) is 5.02 Å². The largest absolute Gasteiger partial charge is 0.573 e. The number of ether oxygens (including phenoxy) is 1. The Hall–Kier alpha value is -3.31. The number of anilines is 3. The van der Waals surface area contributed by atoms with Gasteiger partial charge in [-0.15, -0.1) is 24.5 Å².